The number of unbranched alkanes of at least 4 members (excludes halogenated alkanes) is 46. The third-order valence-corrected chi connectivity index (χ3v) is 17.9. The van der Waals surface area contributed by atoms with E-state index in [1.807, 2.05) is 0 Å². The van der Waals surface area contributed by atoms with Crippen LogP contribution in [0.5, 0.6) is 0 Å². The molecule has 81 heavy (non-hydrogen) atoms. The van der Waals surface area contributed by atoms with Gasteiger partial charge in [0.2, 0.25) is 0 Å². The molecule has 0 atom stereocenters. The van der Waals surface area contributed by atoms with Gasteiger partial charge < -0.3 is 0 Å². The number of hydrogen-bond acceptors (Lipinski definition) is 1. The molecule has 2 aromatic carbocycles. The van der Waals surface area contributed by atoms with Gasteiger partial charge in [0.1, 0.15) is 0 Å². The van der Waals surface area contributed by atoms with Crippen LogP contribution in [0.2, 0.25) is 0 Å². The number of benzene rings is 2. The van der Waals surface area contributed by atoms with Gasteiger partial charge in [0.05, 0.1) is 0 Å². The monoisotopic (exact) mass is 1160 g/mol. The second-order valence-corrected chi connectivity index (χ2v) is 25.6. The third kappa shape index (κ3) is 44.8. The van der Waals surface area contributed by atoms with Crippen molar-refractivity contribution >= 4 is 22.8 Å². The summed E-state index contributed by atoms with van der Waals surface area (Å²) in [6.45, 7) is 9.26. The van der Waals surface area contributed by atoms with Crippen molar-refractivity contribution in [1.82, 2.24) is 0 Å². The maximum absolute atomic E-state index is 6.13. The van der Waals surface area contributed by atoms with Crippen molar-refractivity contribution in [2.24, 2.45) is 4.99 Å². The Morgan fingerprint density at radius 3 is 0.988 bits per heavy atom. The standard InChI is InChI=1S/C78H136N2.Ni/c1-5-9-13-17-19-21-23-25-27-29-31-33-35-37-39-41-43-45-47-49-51-53-55-57-65-73-67-61-63-69-75(73)79-77(71-59-15-11-7-3)78(72-60-16-12-8-4)80-76-70-64-62-68-74(76)66-58-56-54-52-50-48-46-44-42-40-38-36-34-32-30-28-26-24-22-20-18-14-10-6-2;/h51-54,61-64,67-70H,5-50,55-60,65-66,71-72H2,1-4H3;/q;+1. The van der Waals surface area contributed by atoms with Crippen molar-refractivity contribution in [1.29, 1.82) is 0 Å². The van der Waals surface area contributed by atoms with Crippen molar-refractivity contribution in [3.8, 4) is 0 Å². The average molecular weight is 1160 g/mol. The van der Waals surface area contributed by atoms with E-state index in [1.165, 1.54) is 336 Å². The molecule has 0 aliphatic rings. The van der Waals surface area contributed by atoms with Crippen molar-refractivity contribution in [3.63, 3.8) is 0 Å². The summed E-state index contributed by atoms with van der Waals surface area (Å²) in [6.07, 6.45) is 85.6. The smallest absolute Gasteiger partial charge is 0.0654 e. The van der Waals surface area contributed by atoms with E-state index in [2.05, 4.69) is 104 Å². The molecular formula is C78H136N2Ni+. The first kappa shape index (κ1) is 74.9. The van der Waals surface area contributed by atoms with Crippen LogP contribution in [0.4, 0.5) is 11.4 Å². The molecule has 2 aromatic rings. The van der Waals surface area contributed by atoms with E-state index < -0.39 is 0 Å². The summed E-state index contributed by atoms with van der Waals surface area (Å²) < 4.78 is 2.20. The summed E-state index contributed by atoms with van der Waals surface area (Å²) in [6, 6.07) is 18.1. The normalized spacial score (nSPS) is 12.5. The molecule has 2 nitrogen and oxygen atoms in total. The summed E-state index contributed by atoms with van der Waals surface area (Å²) in [5.41, 5.74) is 7.64. The first-order valence-electron chi connectivity index (χ1n) is 36.5. The van der Waals surface area contributed by atoms with E-state index in [-0.39, 0.29) is 0 Å². The molecule has 0 N–H and O–H groups in total. The Morgan fingerprint density at radius 1 is 0.321 bits per heavy atom. The van der Waals surface area contributed by atoms with Crippen LogP contribution in [0.15, 0.2) is 77.8 Å². The number of rotatable bonds is 61. The van der Waals surface area contributed by atoms with Crippen molar-refractivity contribution < 1.29 is 19.3 Å². The fraction of sp³-hybridized carbons (Fsp3) is 0.769. The topological polar surface area (TPSA) is 15.4 Å². The molecule has 467 valence electrons. The van der Waals surface area contributed by atoms with Crippen LogP contribution < -0.4 is 0 Å². The number of aliphatic imine (C=N–C) groups is 1. The molecule has 0 aliphatic heterocycles. The Bertz CT molecular complexity index is 1770. The summed E-state index contributed by atoms with van der Waals surface area (Å²) in [7, 11) is 0. The minimum atomic E-state index is 0.992. The Balaban J connectivity index is 1.81. The van der Waals surface area contributed by atoms with Gasteiger partial charge in [0, 0.05) is 0 Å². The van der Waals surface area contributed by atoms with E-state index in [0.29, 0.717) is 0 Å². The molecule has 0 heterocycles. The average Bonchev–Trinajstić information content (AvgIpc) is 3.49. The van der Waals surface area contributed by atoms with Crippen molar-refractivity contribution in [3.05, 3.63) is 84.0 Å². The SMILES string of the molecule is CCCCCCCCCCCCCCCCCCCCCC=CCCCc1ccccc1N=C(CCCCCC)C(CCCCCC)=[N+]([Ni])c1ccccc1CCCC=CCCCCCCCCCCCCCCCCCCCCC. The van der Waals surface area contributed by atoms with E-state index in [0.717, 1.165) is 57.1 Å². The van der Waals surface area contributed by atoms with Gasteiger partial charge in [-0.05, 0) is 6.42 Å². The molecule has 0 amide bonds. The molecule has 0 aliphatic carbocycles. The van der Waals surface area contributed by atoms with Crippen molar-refractivity contribution in [2.75, 3.05) is 0 Å². The summed E-state index contributed by atoms with van der Waals surface area (Å²) in [5, 5.41) is 0. The zero-order valence-electron chi connectivity index (χ0n) is 54.7. The van der Waals surface area contributed by atoms with Gasteiger partial charge in [-0.25, -0.2) is 0 Å². The molecule has 3 heteroatoms. The van der Waals surface area contributed by atoms with Crippen LogP contribution in [-0.4, -0.2) is 15.1 Å². The van der Waals surface area contributed by atoms with E-state index in [4.69, 9.17) is 20.7 Å². The van der Waals surface area contributed by atoms with Gasteiger partial charge in [-0.1, -0.05) is 232 Å². The zero-order chi connectivity index (χ0) is 57.8. The second kappa shape index (κ2) is 59.5. The first-order valence-corrected chi connectivity index (χ1v) is 36.9. The summed E-state index contributed by atoms with van der Waals surface area (Å²) >= 11 is 6.13. The van der Waals surface area contributed by atoms with Crippen LogP contribution in [0, 0.1) is 0 Å². The fourth-order valence-electron chi connectivity index (χ4n) is 12.0. The molecule has 0 unspecified atom stereocenters. The van der Waals surface area contributed by atoms with Crippen LogP contribution in [0.25, 0.3) is 0 Å². The van der Waals surface area contributed by atoms with Crippen LogP contribution in [0.1, 0.15) is 386 Å². The summed E-state index contributed by atoms with van der Waals surface area (Å²) in [5.74, 6) is 0. The Hall–Kier alpha value is -2.25. The van der Waals surface area contributed by atoms with E-state index >= 15 is 0 Å². The van der Waals surface area contributed by atoms with Crippen LogP contribution >= 0.6 is 0 Å². The predicted molar refractivity (Wildman–Crippen MR) is 363 cm³/mol. The molecule has 0 spiro atoms. The van der Waals surface area contributed by atoms with Gasteiger partial charge in [-0.15, -0.1) is 0 Å². The minimum Gasteiger partial charge on any atom is -0.0654 e. The van der Waals surface area contributed by atoms with Gasteiger partial charge in [0.15, 0.2) is 0 Å². The molecule has 0 bridgehead atoms. The van der Waals surface area contributed by atoms with Crippen LogP contribution in [0.3, 0.4) is 0 Å². The molecule has 0 aromatic heterocycles. The molecule has 0 radical (unpaired) electrons. The summed E-state index contributed by atoms with van der Waals surface area (Å²) in [4.78, 5) is 5.66. The van der Waals surface area contributed by atoms with E-state index in [1.54, 1.807) is 0 Å². The Labute approximate surface area is 515 Å². The van der Waals surface area contributed by atoms with Gasteiger partial charge in [0.25, 0.3) is 0 Å². The molecule has 0 saturated heterocycles. The quantitative estimate of drug-likeness (QED) is 0.0271. The molecule has 0 saturated carbocycles. The molecular weight excluding hydrogens is 1020 g/mol. The number of hydrogen-bond donors (Lipinski definition) is 0. The van der Waals surface area contributed by atoms with E-state index in [9.17, 15) is 0 Å². The fourth-order valence-corrected chi connectivity index (χ4v) is 12.5. The number of para-hydroxylation sites is 2. The zero-order valence-corrected chi connectivity index (χ0v) is 55.7. The Morgan fingerprint density at radius 2 is 0.605 bits per heavy atom. The Kier molecular flexibility index (Phi) is 55.0. The van der Waals surface area contributed by atoms with Crippen LogP contribution in [-0.2, 0) is 28.5 Å². The third-order valence-electron chi connectivity index (χ3n) is 17.4. The number of aryl methyl sites for hydroxylation is 2. The van der Waals surface area contributed by atoms with Gasteiger partial charge in [-0.2, -0.15) is 0 Å². The number of allylic oxidation sites excluding steroid dienone is 4. The van der Waals surface area contributed by atoms with Gasteiger partial charge >= 0.3 is 280 Å². The number of nitrogens with zero attached hydrogens (tertiary/aromatic N) is 2. The second-order valence-electron chi connectivity index (χ2n) is 25.2. The first-order chi connectivity index (χ1) is 40.2. The molecule has 0 fully saturated rings. The van der Waals surface area contributed by atoms with Crippen molar-refractivity contribution in [2.45, 2.75) is 387 Å². The molecule has 2 rings (SSSR count). The maximum atomic E-state index is 6.13. The van der Waals surface area contributed by atoms with Gasteiger partial charge in [-0.3, -0.25) is 0 Å². The predicted octanol–water partition coefficient (Wildman–Crippen LogP) is 27.3. The minimum absolute atomic E-state index is 0.992.